The van der Waals surface area contributed by atoms with Crippen molar-refractivity contribution in [3.05, 3.63) is 41.2 Å². The van der Waals surface area contributed by atoms with Gasteiger partial charge in [0.2, 0.25) is 0 Å². The molecule has 146 valence electrons. The number of rotatable bonds is 7. The first-order valence-electron chi connectivity index (χ1n) is 9.56. The van der Waals surface area contributed by atoms with Gasteiger partial charge in [-0.3, -0.25) is 9.59 Å². The number of hydrogen-bond donors (Lipinski definition) is 1. The monoisotopic (exact) mass is 373 g/mol. The number of amides is 1. The molecule has 1 fully saturated rings. The van der Waals surface area contributed by atoms with E-state index in [1.807, 2.05) is 31.2 Å². The molecule has 1 N–H and O–H groups in total. The second kappa shape index (κ2) is 8.13. The minimum atomic E-state index is -0.604. The molecule has 3 rings (SSSR count). The average molecular weight is 373 g/mol. The van der Waals surface area contributed by atoms with Crippen LogP contribution in [-0.4, -0.2) is 47.6 Å². The molecule has 0 aliphatic carbocycles. The van der Waals surface area contributed by atoms with E-state index in [9.17, 15) is 14.7 Å². The van der Waals surface area contributed by atoms with E-state index < -0.39 is 17.7 Å². The summed E-state index contributed by atoms with van der Waals surface area (Å²) in [6, 6.07) is 6.73. The summed E-state index contributed by atoms with van der Waals surface area (Å²) in [7, 11) is 0. The largest absolute Gasteiger partial charge is 0.503 e. The van der Waals surface area contributed by atoms with Crippen molar-refractivity contribution in [3.63, 3.8) is 0 Å². The Balaban J connectivity index is 1.97. The van der Waals surface area contributed by atoms with Gasteiger partial charge in [0, 0.05) is 19.1 Å². The molecule has 6 heteroatoms. The summed E-state index contributed by atoms with van der Waals surface area (Å²) in [6.45, 7) is 7.04. The molecule has 0 saturated carbocycles. The third-order valence-corrected chi connectivity index (χ3v) is 5.02. The van der Waals surface area contributed by atoms with E-state index in [-0.39, 0.29) is 23.4 Å². The number of ether oxygens (including phenoxy) is 2. The molecule has 2 unspecified atom stereocenters. The molecule has 2 aliphatic heterocycles. The number of aliphatic hydroxyl groups excluding tert-OH is 1. The first kappa shape index (κ1) is 19.4. The number of carbonyl (C=O) groups excluding carboxylic acids is 2. The van der Waals surface area contributed by atoms with Crippen LogP contribution in [0.15, 0.2) is 35.6 Å². The molecule has 2 atom stereocenters. The Labute approximate surface area is 159 Å². The Morgan fingerprint density at radius 3 is 2.59 bits per heavy atom. The number of nitrogens with zero attached hydrogens (tertiary/aromatic N) is 1. The van der Waals surface area contributed by atoms with Gasteiger partial charge < -0.3 is 19.5 Å². The van der Waals surface area contributed by atoms with Crippen LogP contribution < -0.4 is 4.74 Å². The smallest absolute Gasteiger partial charge is 0.290 e. The highest BCUT2D eigenvalue weighted by atomic mass is 16.5. The van der Waals surface area contributed by atoms with E-state index >= 15 is 0 Å². The molecule has 2 heterocycles. The third-order valence-electron chi connectivity index (χ3n) is 5.02. The van der Waals surface area contributed by atoms with Gasteiger partial charge in [-0.25, -0.2) is 0 Å². The molecule has 0 radical (unpaired) electrons. The van der Waals surface area contributed by atoms with Crippen molar-refractivity contribution in [2.45, 2.75) is 45.8 Å². The van der Waals surface area contributed by atoms with E-state index in [4.69, 9.17) is 9.47 Å². The molecule has 0 bridgehead atoms. The summed E-state index contributed by atoms with van der Waals surface area (Å²) in [4.78, 5) is 27.1. The summed E-state index contributed by atoms with van der Waals surface area (Å²) in [6.07, 6.45) is 1.76. The maximum atomic E-state index is 12.8. The lowest BCUT2D eigenvalue weighted by Crippen LogP contribution is -2.37. The van der Waals surface area contributed by atoms with Crippen molar-refractivity contribution in [1.29, 1.82) is 0 Å². The number of aliphatic hydroxyl groups is 1. The molecular weight excluding hydrogens is 346 g/mol. The molecule has 2 aliphatic rings. The molecule has 1 aromatic rings. The highest BCUT2D eigenvalue weighted by Gasteiger charge is 2.44. The Morgan fingerprint density at radius 2 is 2.04 bits per heavy atom. The fraction of sp³-hybridized carbons (Fsp3) is 0.524. The van der Waals surface area contributed by atoms with Gasteiger partial charge in [0.15, 0.2) is 11.5 Å². The Kier molecular flexibility index (Phi) is 5.85. The number of Topliss-reactive ketones (excluding diaryl/α,β-unsaturated/α-hetero) is 1. The lowest BCUT2D eigenvalue weighted by molar-refractivity contribution is -0.131. The molecule has 1 saturated heterocycles. The van der Waals surface area contributed by atoms with Crippen LogP contribution >= 0.6 is 0 Å². The number of hydrogen-bond acceptors (Lipinski definition) is 5. The highest BCUT2D eigenvalue weighted by molar-refractivity contribution is 6.09. The maximum absolute atomic E-state index is 12.8. The van der Waals surface area contributed by atoms with E-state index in [0.29, 0.717) is 19.8 Å². The molecule has 27 heavy (non-hydrogen) atoms. The molecule has 6 nitrogen and oxygen atoms in total. The SMILES string of the molecule is CCOc1ccc(C2C(C(=O)C(C)C)=C(O)C(=O)N2CC2CCCO2)cc1. The first-order valence-corrected chi connectivity index (χ1v) is 9.56. The third kappa shape index (κ3) is 3.86. The van der Waals surface area contributed by atoms with Crippen LogP contribution in [0.2, 0.25) is 0 Å². The van der Waals surface area contributed by atoms with Crippen molar-refractivity contribution in [2.24, 2.45) is 5.92 Å². The van der Waals surface area contributed by atoms with Gasteiger partial charge in [-0.05, 0) is 37.5 Å². The Bertz CT molecular complexity index is 731. The van der Waals surface area contributed by atoms with Crippen LogP contribution in [0.3, 0.4) is 0 Å². The van der Waals surface area contributed by atoms with Crippen molar-refractivity contribution in [3.8, 4) is 5.75 Å². The van der Waals surface area contributed by atoms with Crippen molar-refractivity contribution < 1.29 is 24.2 Å². The minimum Gasteiger partial charge on any atom is -0.503 e. The van der Waals surface area contributed by atoms with Gasteiger partial charge in [0.05, 0.1) is 24.3 Å². The number of ketones is 1. The fourth-order valence-electron chi connectivity index (χ4n) is 3.67. The van der Waals surface area contributed by atoms with Gasteiger partial charge in [-0.15, -0.1) is 0 Å². The summed E-state index contributed by atoms with van der Waals surface area (Å²) in [5.41, 5.74) is 0.954. The molecule has 1 amide bonds. The van der Waals surface area contributed by atoms with E-state index in [0.717, 1.165) is 24.2 Å². The zero-order valence-corrected chi connectivity index (χ0v) is 16.1. The molecule has 0 spiro atoms. The molecule has 0 aromatic heterocycles. The van der Waals surface area contributed by atoms with Gasteiger partial charge in [-0.2, -0.15) is 0 Å². The predicted molar refractivity (Wildman–Crippen MR) is 101 cm³/mol. The molecule has 1 aromatic carbocycles. The lowest BCUT2D eigenvalue weighted by atomic mass is 9.91. The summed E-state index contributed by atoms with van der Waals surface area (Å²) >= 11 is 0. The lowest BCUT2D eigenvalue weighted by Gasteiger charge is -2.29. The van der Waals surface area contributed by atoms with Crippen LogP contribution in [0.25, 0.3) is 0 Å². The standard InChI is InChI=1S/C21H27NO5/c1-4-26-15-9-7-14(8-10-15)18-17(19(23)13(2)3)20(24)21(25)22(18)12-16-6-5-11-27-16/h7-10,13,16,18,24H,4-6,11-12H2,1-3H3. The van der Waals surface area contributed by atoms with Gasteiger partial charge in [-0.1, -0.05) is 26.0 Å². The van der Waals surface area contributed by atoms with Gasteiger partial charge in [0.1, 0.15) is 5.75 Å². The van der Waals surface area contributed by atoms with Gasteiger partial charge in [0.25, 0.3) is 5.91 Å². The van der Waals surface area contributed by atoms with Crippen LogP contribution in [-0.2, 0) is 14.3 Å². The normalized spacial score (nSPS) is 22.8. The summed E-state index contributed by atoms with van der Waals surface area (Å²) < 4.78 is 11.2. The minimum absolute atomic E-state index is 0.0690. The van der Waals surface area contributed by atoms with E-state index in [2.05, 4.69) is 0 Å². The van der Waals surface area contributed by atoms with E-state index in [1.165, 1.54) is 0 Å². The Morgan fingerprint density at radius 1 is 1.33 bits per heavy atom. The maximum Gasteiger partial charge on any atom is 0.290 e. The zero-order valence-electron chi connectivity index (χ0n) is 16.1. The fourth-order valence-corrected chi connectivity index (χ4v) is 3.67. The molecular formula is C21H27NO5. The van der Waals surface area contributed by atoms with Crippen molar-refractivity contribution in [1.82, 2.24) is 4.90 Å². The first-order chi connectivity index (χ1) is 12.9. The van der Waals surface area contributed by atoms with Crippen molar-refractivity contribution >= 4 is 11.7 Å². The van der Waals surface area contributed by atoms with Crippen LogP contribution in [0.5, 0.6) is 5.75 Å². The topological polar surface area (TPSA) is 76.1 Å². The zero-order chi connectivity index (χ0) is 19.6. The summed E-state index contributed by atoms with van der Waals surface area (Å²) in [5, 5.41) is 10.5. The quantitative estimate of drug-likeness (QED) is 0.794. The van der Waals surface area contributed by atoms with Crippen LogP contribution in [0.1, 0.15) is 45.2 Å². The predicted octanol–water partition coefficient (Wildman–Crippen LogP) is 3.18. The average Bonchev–Trinajstić information content (AvgIpc) is 3.24. The number of benzene rings is 1. The Hall–Kier alpha value is -2.34. The number of carbonyl (C=O) groups is 2. The van der Waals surface area contributed by atoms with Gasteiger partial charge >= 0.3 is 0 Å². The van der Waals surface area contributed by atoms with Crippen molar-refractivity contribution in [2.75, 3.05) is 19.8 Å². The van der Waals surface area contributed by atoms with E-state index in [1.54, 1.807) is 18.7 Å². The van der Waals surface area contributed by atoms with Crippen LogP contribution in [0, 0.1) is 5.92 Å². The van der Waals surface area contributed by atoms with Crippen LogP contribution in [0.4, 0.5) is 0 Å². The summed E-state index contributed by atoms with van der Waals surface area (Å²) in [5.74, 6) is -0.752. The highest BCUT2D eigenvalue weighted by Crippen LogP contribution is 2.40. The second-order valence-electron chi connectivity index (χ2n) is 7.28. The second-order valence-corrected chi connectivity index (χ2v) is 7.28.